The van der Waals surface area contributed by atoms with E-state index in [-0.39, 0.29) is 23.3 Å². The SMILES string of the molecule is CCCCc1ccc(C(=O)Oc2c(OC(=O)Oc3ccccc3)cc(C(C)C)cc2C(C)C)cc1. The number of benzene rings is 3. The first-order valence-corrected chi connectivity index (χ1v) is 12.2. The Kier molecular flexibility index (Phi) is 9.07. The van der Waals surface area contributed by atoms with Crippen molar-refractivity contribution in [3.05, 3.63) is 89.0 Å². The standard InChI is InChI=1S/C30H34O5/c1-6-7-11-22-14-16-23(17-15-22)29(31)35-28-26(21(4)5)18-24(20(2)3)19-27(28)34-30(32)33-25-12-9-8-10-13-25/h8-10,12-21H,6-7,11H2,1-5H3. The minimum absolute atomic E-state index is 0.0282. The molecule has 0 aliphatic rings. The van der Waals surface area contributed by atoms with Crippen LogP contribution in [0.15, 0.2) is 66.7 Å². The van der Waals surface area contributed by atoms with E-state index in [0.29, 0.717) is 11.3 Å². The Labute approximate surface area is 208 Å². The lowest BCUT2D eigenvalue weighted by molar-refractivity contribution is 0.0724. The third-order valence-electron chi connectivity index (χ3n) is 5.74. The number of hydrogen-bond acceptors (Lipinski definition) is 5. The second-order valence-corrected chi connectivity index (χ2v) is 9.20. The summed E-state index contributed by atoms with van der Waals surface area (Å²) in [6.07, 6.45) is 2.29. The minimum atomic E-state index is -0.899. The number of ether oxygens (including phenoxy) is 3. The first-order valence-electron chi connectivity index (χ1n) is 12.2. The smallest absolute Gasteiger partial charge is 0.419 e. The van der Waals surface area contributed by atoms with Crippen LogP contribution in [-0.2, 0) is 6.42 Å². The predicted molar refractivity (Wildman–Crippen MR) is 138 cm³/mol. The Bertz CT molecular complexity index is 1130. The van der Waals surface area contributed by atoms with Gasteiger partial charge in [-0.15, -0.1) is 0 Å². The van der Waals surface area contributed by atoms with Crippen molar-refractivity contribution in [1.82, 2.24) is 0 Å². The average Bonchev–Trinajstić information content (AvgIpc) is 2.84. The van der Waals surface area contributed by atoms with Crippen LogP contribution in [0.1, 0.15) is 86.3 Å². The quantitative estimate of drug-likeness (QED) is 0.178. The highest BCUT2D eigenvalue weighted by Crippen LogP contribution is 2.40. The van der Waals surface area contributed by atoms with Crippen molar-refractivity contribution in [3.8, 4) is 17.2 Å². The van der Waals surface area contributed by atoms with Gasteiger partial charge in [0.15, 0.2) is 11.5 Å². The second-order valence-electron chi connectivity index (χ2n) is 9.20. The molecule has 0 fully saturated rings. The van der Waals surface area contributed by atoms with Gasteiger partial charge in [-0.1, -0.05) is 77.4 Å². The molecule has 0 spiro atoms. The number of aryl methyl sites for hydroxylation is 1. The largest absolute Gasteiger partial charge is 0.519 e. The van der Waals surface area contributed by atoms with Crippen LogP contribution in [0, 0.1) is 0 Å². The first kappa shape index (κ1) is 26.0. The molecule has 0 aromatic heterocycles. The van der Waals surface area contributed by atoms with Crippen molar-refractivity contribution >= 4 is 12.1 Å². The zero-order valence-electron chi connectivity index (χ0n) is 21.2. The van der Waals surface area contributed by atoms with Gasteiger partial charge >= 0.3 is 12.1 Å². The molecule has 0 amide bonds. The monoisotopic (exact) mass is 474 g/mol. The zero-order chi connectivity index (χ0) is 25.4. The van der Waals surface area contributed by atoms with Gasteiger partial charge in [-0.2, -0.15) is 0 Å². The van der Waals surface area contributed by atoms with Gasteiger partial charge in [-0.3, -0.25) is 0 Å². The average molecular weight is 475 g/mol. The highest BCUT2D eigenvalue weighted by atomic mass is 16.7. The van der Waals surface area contributed by atoms with Crippen LogP contribution in [0.4, 0.5) is 4.79 Å². The first-order chi connectivity index (χ1) is 16.8. The molecule has 0 heterocycles. The van der Waals surface area contributed by atoms with E-state index in [0.717, 1.165) is 30.4 Å². The number of para-hydroxylation sites is 1. The van der Waals surface area contributed by atoms with Crippen LogP contribution >= 0.6 is 0 Å². The van der Waals surface area contributed by atoms with Crippen molar-refractivity contribution in [2.75, 3.05) is 0 Å². The molecule has 3 aromatic carbocycles. The summed E-state index contributed by atoms with van der Waals surface area (Å²) in [5, 5.41) is 0. The molecule has 5 heteroatoms. The number of rotatable bonds is 9. The normalized spacial score (nSPS) is 10.9. The van der Waals surface area contributed by atoms with Crippen molar-refractivity contribution < 1.29 is 23.8 Å². The van der Waals surface area contributed by atoms with E-state index in [1.807, 2.05) is 38.1 Å². The number of carbonyl (C=O) groups excluding carboxylic acids is 2. The molecule has 0 unspecified atom stereocenters. The van der Waals surface area contributed by atoms with E-state index in [1.54, 1.807) is 42.5 Å². The lowest BCUT2D eigenvalue weighted by atomic mass is 9.94. The molecule has 0 atom stereocenters. The molecule has 3 rings (SSSR count). The molecule has 0 radical (unpaired) electrons. The summed E-state index contributed by atoms with van der Waals surface area (Å²) in [6, 6.07) is 19.9. The molecular formula is C30H34O5. The number of carbonyl (C=O) groups is 2. The molecule has 0 bridgehead atoms. The van der Waals surface area contributed by atoms with Gasteiger partial charge in [0.2, 0.25) is 0 Å². The fraction of sp³-hybridized carbons (Fsp3) is 0.333. The topological polar surface area (TPSA) is 61.8 Å². The van der Waals surface area contributed by atoms with Gasteiger partial charge in [0, 0.05) is 5.56 Å². The molecule has 184 valence electrons. The van der Waals surface area contributed by atoms with Crippen LogP contribution in [0.25, 0.3) is 0 Å². The van der Waals surface area contributed by atoms with E-state index in [9.17, 15) is 9.59 Å². The number of esters is 1. The summed E-state index contributed by atoms with van der Waals surface area (Å²) in [5.41, 5.74) is 3.37. The van der Waals surface area contributed by atoms with Gasteiger partial charge < -0.3 is 14.2 Å². The second kappa shape index (κ2) is 12.2. The molecule has 5 nitrogen and oxygen atoms in total. The lowest BCUT2D eigenvalue weighted by Crippen LogP contribution is -2.17. The lowest BCUT2D eigenvalue weighted by Gasteiger charge is -2.19. The van der Waals surface area contributed by atoms with Crippen molar-refractivity contribution in [2.45, 2.75) is 65.7 Å². The Morgan fingerprint density at radius 2 is 1.49 bits per heavy atom. The molecular weight excluding hydrogens is 440 g/mol. The van der Waals surface area contributed by atoms with Gasteiger partial charge in [0.25, 0.3) is 0 Å². The van der Waals surface area contributed by atoms with Crippen molar-refractivity contribution in [2.24, 2.45) is 0 Å². The molecule has 3 aromatic rings. The summed E-state index contributed by atoms with van der Waals surface area (Å²) >= 11 is 0. The summed E-state index contributed by atoms with van der Waals surface area (Å²) in [7, 11) is 0. The van der Waals surface area contributed by atoms with Gasteiger partial charge in [0.1, 0.15) is 5.75 Å². The Balaban J connectivity index is 1.91. The van der Waals surface area contributed by atoms with Crippen molar-refractivity contribution in [1.29, 1.82) is 0 Å². The van der Waals surface area contributed by atoms with E-state index in [4.69, 9.17) is 14.2 Å². The molecule has 0 saturated heterocycles. The van der Waals surface area contributed by atoms with Crippen molar-refractivity contribution in [3.63, 3.8) is 0 Å². The summed E-state index contributed by atoms with van der Waals surface area (Å²) in [6.45, 7) is 10.3. The molecule has 0 aliphatic heterocycles. The molecule has 0 saturated carbocycles. The van der Waals surface area contributed by atoms with Crippen LogP contribution < -0.4 is 14.2 Å². The van der Waals surface area contributed by atoms with Crippen LogP contribution in [0.3, 0.4) is 0 Å². The predicted octanol–water partition coefficient (Wildman–Crippen LogP) is 8.07. The fourth-order valence-corrected chi connectivity index (χ4v) is 3.63. The third kappa shape index (κ3) is 7.19. The maximum atomic E-state index is 13.1. The summed E-state index contributed by atoms with van der Waals surface area (Å²) < 4.78 is 16.8. The minimum Gasteiger partial charge on any atom is -0.419 e. The maximum absolute atomic E-state index is 13.1. The van der Waals surface area contributed by atoms with E-state index in [2.05, 4.69) is 20.8 Å². The zero-order valence-corrected chi connectivity index (χ0v) is 21.2. The Hall–Kier alpha value is -3.60. The fourth-order valence-electron chi connectivity index (χ4n) is 3.63. The maximum Gasteiger partial charge on any atom is 0.519 e. The van der Waals surface area contributed by atoms with E-state index >= 15 is 0 Å². The highest BCUT2D eigenvalue weighted by molar-refractivity contribution is 5.91. The van der Waals surface area contributed by atoms with Crippen LogP contribution in [0.2, 0.25) is 0 Å². The van der Waals surface area contributed by atoms with Crippen LogP contribution in [0.5, 0.6) is 17.2 Å². The molecule has 35 heavy (non-hydrogen) atoms. The van der Waals surface area contributed by atoms with Crippen LogP contribution in [-0.4, -0.2) is 12.1 Å². The Morgan fingerprint density at radius 1 is 0.800 bits per heavy atom. The van der Waals surface area contributed by atoms with Gasteiger partial charge in [0.05, 0.1) is 5.56 Å². The van der Waals surface area contributed by atoms with E-state index < -0.39 is 12.1 Å². The highest BCUT2D eigenvalue weighted by Gasteiger charge is 2.23. The molecule has 0 N–H and O–H groups in total. The number of hydrogen-bond donors (Lipinski definition) is 0. The third-order valence-corrected chi connectivity index (χ3v) is 5.74. The van der Waals surface area contributed by atoms with Gasteiger partial charge in [-0.05, 0) is 66.1 Å². The number of unbranched alkanes of at least 4 members (excludes halogenated alkanes) is 1. The summed E-state index contributed by atoms with van der Waals surface area (Å²) in [4.78, 5) is 25.7. The molecule has 0 aliphatic carbocycles. The Morgan fingerprint density at radius 3 is 2.09 bits per heavy atom. The summed E-state index contributed by atoms with van der Waals surface area (Å²) in [5.74, 6) is 0.458. The van der Waals surface area contributed by atoms with E-state index in [1.165, 1.54) is 5.56 Å². The van der Waals surface area contributed by atoms with Gasteiger partial charge in [-0.25, -0.2) is 9.59 Å².